The molecule has 11 nitrogen and oxygen atoms in total. The maximum absolute atomic E-state index is 9.33. The Balaban J connectivity index is 0.000000494. The third-order valence-electron chi connectivity index (χ3n) is 6.12. The summed E-state index contributed by atoms with van der Waals surface area (Å²) in [5.41, 5.74) is 4.32. The van der Waals surface area contributed by atoms with Crippen LogP contribution in [0, 0.1) is 0 Å². The molecular weight excluding hydrogens is 592 g/mol. The van der Waals surface area contributed by atoms with E-state index in [1.807, 2.05) is 17.8 Å². The first-order valence-electron chi connectivity index (χ1n) is 11.7. The molecule has 2 aliphatic heterocycles. The second-order valence-corrected chi connectivity index (χ2v) is 13.0. The van der Waals surface area contributed by atoms with E-state index in [-0.39, 0.29) is 5.48 Å². The van der Waals surface area contributed by atoms with Crippen LogP contribution >= 0.6 is 23.4 Å². The molecule has 0 spiro atoms. The van der Waals surface area contributed by atoms with Gasteiger partial charge in [0.05, 0.1) is 14.2 Å². The highest BCUT2D eigenvalue weighted by atomic mass is 35.5. The summed E-state index contributed by atoms with van der Waals surface area (Å²) >= 11 is 8.24. The van der Waals surface area contributed by atoms with Crippen molar-refractivity contribution < 1.29 is 39.8 Å². The van der Waals surface area contributed by atoms with Crippen molar-refractivity contribution in [3.05, 3.63) is 58.1 Å². The highest BCUT2D eigenvalue weighted by molar-refractivity contribution is 7.99. The predicted octanol–water partition coefficient (Wildman–Crippen LogP) is 3.51. The Bertz CT molecular complexity index is 1250. The summed E-state index contributed by atoms with van der Waals surface area (Å²) < 4.78 is 59.4. The van der Waals surface area contributed by atoms with Crippen molar-refractivity contribution in [3.8, 4) is 0 Å². The molecule has 0 aromatic heterocycles. The molecule has 1 atom stereocenters. The minimum absolute atomic E-state index is 0. The largest absolute Gasteiger partial charge is 0.412 e. The van der Waals surface area contributed by atoms with Gasteiger partial charge in [0, 0.05) is 47.0 Å². The van der Waals surface area contributed by atoms with Crippen molar-refractivity contribution in [2.45, 2.75) is 42.0 Å². The van der Waals surface area contributed by atoms with E-state index in [2.05, 4.69) is 69.4 Å². The number of likely N-dealkylation sites (N-methyl/N-ethyl adjacent to an activating group) is 1. The van der Waals surface area contributed by atoms with E-state index < -0.39 is 20.8 Å². The first kappa shape index (κ1) is 35.7. The van der Waals surface area contributed by atoms with Gasteiger partial charge in [-0.3, -0.25) is 22.4 Å². The van der Waals surface area contributed by atoms with Crippen molar-refractivity contribution >= 4 is 44.2 Å². The van der Waals surface area contributed by atoms with Gasteiger partial charge in [0.25, 0.3) is 0 Å². The summed E-state index contributed by atoms with van der Waals surface area (Å²) in [5, 5.41) is 0.843. The van der Waals surface area contributed by atoms with Gasteiger partial charge in [-0.2, -0.15) is 16.8 Å². The molecule has 4 rings (SSSR count). The highest BCUT2D eigenvalue weighted by Gasteiger charge is 2.30. The normalized spacial score (nSPS) is 17.8. The molecule has 4 N–H and O–H groups in total. The van der Waals surface area contributed by atoms with Gasteiger partial charge in [-0.25, -0.2) is 0 Å². The second-order valence-electron chi connectivity index (χ2n) is 9.05. The summed E-state index contributed by atoms with van der Waals surface area (Å²) in [7, 11) is -4.36. The van der Waals surface area contributed by atoms with Gasteiger partial charge in [0.1, 0.15) is 0 Å². The van der Waals surface area contributed by atoms with Crippen LogP contribution in [0.3, 0.4) is 0 Å². The van der Waals surface area contributed by atoms with E-state index in [1.54, 1.807) is 0 Å². The monoisotopic (exact) mass is 628 g/mol. The summed E-state index contributed by atoms with van der Waals surface area (Å²) in [6, 6.07) is 13.9. The van der Waals surface area contributed by atoms with E-state index >= 15 is 0 Å². The number of nitrogens with zero attached hydrogens (tertiary/aromatic N) is 2. The molecule has 0 saturated carbocycles. The lowest BCUT2D eigenvalue weighted by atomic mass is 9.93. The summed E-state index contributed by atoms with van der Waals surface area (Å²) in [6.07, 6.45) is 1.04. The lowest BCUT2D eigenvalue weighted by Crippen LogP contribution is -2.46. The van der Waals surface area contributed by atoms with Crippen molar-refractivity contribution in [3.63, 3.8) is 0 Å². The van der Waals surface area contributed by atoms with Crippen LogP contribution in [-0.2, 0) is 35.6 Å². The predicted molar refractivity (Wildman–Crippen MR) is 152 cm³/mol. The van der Waals surface area contributed by atoms with Crippen molar-refractivity contribution in [2.75, 3.05) is 47.4 Å². The molecule has 0 amide bonds. The zero-order valence-electron chi connectivity index (χ0n) is 22.5. The van der Waals surface area contributed by atoms with Crippen LogP contribution in [0.5, 0.6) is 0 Å². The quantitative estimate of drug-likeness (QED) is 0.476. The molecule has 1 fully saturated rings. The van der Waals surface area contributed by atoms with Gasteiger partial charge in [-0.05, 0) is 60.3 Å². The smallest absolute Gasteiger partial charge is 0.397 e. The highest BCUT2D eigenvalue weighted by Crippen LogP contribution is 2.44. The maximum atomic E-state index is 9.33. The fraction of sp³-hybridized carbons (Fsp3) is 0.500. The number of fused-ring (bicyclic) bond motifs is 2. The molecule has 15 heteroatoms. The van der Waals surface area contributed by atoms with Gasteiger partial charge in [0.15, 0.2) is 0 Å². The number of hydrogen-bond acceptors (Lipinski definition) is 9. The fourth-order valence-electron chi connectivity index (χ4n) is 3.98. The molecule has 1 unspecified atom stereocenters. The third kappa shape index (κ3) is 12.0. The van der Waals surface area contributed by atoms with Crippen LogP contribution < -0.4 is 0 Å². The Labute approximate surface area is 240 Å². The number of hydrogen-bond donors (Lipinski definition) is 2. The topological polar surface area (TPSA) is 165 Å². The molecule has 0 bridgehead atoms. The zero-order valence-corrected chi connectivity index (χ0v) is 25.7. The fourth-order valence-corrected chi connectivity index (χ4v) is 5.27. The molecule has 1 saturated heterocycles. The van der Waals surface area contributed by atoms with Crippen molar-refractivity contribution in [1.82, 2.24) is 9.80 Å². The second kappa shape index (κ2) is 15.6. The van der Waals surface area contributed by atoms with Crippen LogP contribution in [0.1, 0.15) is 42.5 Å². The average molecular weight is 629 g/mol. The minimum Gasteiger partial charge on any atom is -0.412 e. The molecular formula is C24H37ClN2O9S3. The standard InChI is InChI=1S/C22H27ClN2S.2CH4O4S.H2O/c1-15(2)16-4-6-22-19(13-16)20(25-10-8-24(3)9-11-25)14-17-12-18(23)5-7-21(17)26-22;2*1-5-6(2,3)4;/h4-7,12-13,15,20H,8-11,14H2,1-3H3;2*1H3,(H,2,3,4);1H2. The van der Waals surface area contributed by atoms with E-state index in [9.17, 15) is 16.8 Å². The molecule has 2 heterocycles. The van der Waals surface area contributed by atoms with Gasteiger partial charge >= 0.3 is 20.8 Å². The molecule has 2 aromatic rings. The number of piperazine rings is 1. The maximum Gasteiger partial charge on any atom is 0.397 e. The summed E-state index contributed by atoms with van der Waals surface area (Å²) in [6.45, 7) is 9.12. The Hall–Kier alpha value is -1.30. The molecule has 2 aliphatic rings. The van der Waals surface area contributed by atoms with Crippen LogP contribution in [0.4, 0.5) is 0 Å². The summed E-state index contributed by atoms with van der Waals surface area (Å²) in [4.78, 5) is 7.86. The lowest BCUT2D eigenvalue weighted by Gasteiger charge is -2.38. The van der Waals surface area contributed by atoms with Gasteiger partial charge < -0.3 is 10.4 Å². The van der Waals surface area contributed by atoms with Crippen LogP contribution in [0.15, 0.2) is 46.2 Å². The average Bonchev–Trinajstić information content (AvgIpc) is 3.00. The molecule has 39 heavy (non-hydrogen) atoms. The molecule has 222 valence electrons. The van der Waals surface area contributed by atoms with Crippen molar-refractivity contribution in [2.24, 2.45) is 0 Å². The summed E-state index contributed by atoms with van der Waals surface area (Å²) in [5.74, 6) is 0.554. The number of halogens is 1. The van der Waals surface area contributed by atoms with Crippen LogP contribution in [-0.4, -0.2) is 88.7 Å². The number of rotatable bonds is 4. The van der Waals surface area contributed by atoms with Crippen LogP contribution in [0.2, 0.25) is 5.02 Å². The van der Waals surface area contributed by atoms with Crippen LogP contribution in [0.25, 0.3) is 0 Å². The van der Waals surface area contributed by atoms with E-state index in [4.69, 9.17) is 20.7 Å². The Kier molecular flexibility index (Phi) is 14.3. The van der Waals surface area contributed by atoms with Gasteiger partial charge in [-0.1, -0.05) is 49.3 Å². The van der Waals surface area contributed by atoms with Gasteiger partial charge in [0.2, 0.25) is 0 Å². The minimum atomic E-state index is -4.16. The van der Waals surface area contributed by atoms with E-state index in [1.165, 1.54) is 26.5 Å². The SMILES string of the molecule is CC(C)c1ccc2c(c1)C(N1CCN(C)CC1)Cc1cc(Cl)ccc1S2.COS(=O)(=O)O.COS(=O)(=O)O.O. The molecule has 2 aromatic carbocycles. The van der Waals surface area contributed by atoms with Crippen molar-refractivity contribution in [1.29, 1.82) is 0 Å². The van der Waals surface area contributed by atoms with E-state index in [0.29, 0.717) is 12.0 Å². The number of benzene rings is 2. The van der Waals surface area contributed by atoms with Gasteiger partial charge in [-0.15, -0.1) is 0 Å². The Morgan fingerprint density at radius 1 is 0.923 bits per heavy atom. The molecule has 0 aliphatic carbocycles. The molecule has 0 radical (unpaired) electrons. The lowest BCUT2D eigenvalue weighted by molar-refractivity contribution is 0.110. The first-order valence-corrected chi connectivity index (χ1v) is 15.6. The third-order valence-corrected chi connectivity index (χ3v) is 8.40. The zero-order chi connectivity index (χ0) is 28.7. The Morgan fingerprint density at radius 2 is 1.44 bits per heavy atom. The Morgan fingerprint density at radius 3 is 1.92 bits per heavy atom. The van der Waals surface area contributed by atoms with E-state index in [0.717, 1.165) is 51.8 Å². The first-order chi connectivity index (χ1) is 17.6.